The molecule has 0 radical (unpaired) electrons. The van der Waals surface area contributed by atoms with E-state index < -0.39 is 23.1 Å². The van der Waals surface area contributed by atoms with Crippen molar-refractivity contribution in [2.75, 3.05) is 13.2 Å². The minimum atomic E-state index is -1.77. The van der Waals surface area contributed by atoms with E-state index in [1.54, 1.807) is 0 Å². The summed E-state index contributed by atoms with van der Waals surface area (Å²) in [6, 6.07) is 0. The second kappa shape index (κ2) is 14.2. The number of nitrogens with two attached hydrogens (primary N) is 1. The van der Waals surface area contributed by atoms with Crippen LogP contribution in [-0.4, -0.2) is 59.3 Å². The first kappa shape index (κ1) is 32.8. The van der Waals surface area contributed by atoms with Crippen LogP contribution in [0.2, 0.25) is 0 Å². The van der Waals surface area contributed by atoms with Crippen molar-refractivity contribution in [1.82, 2.24) is 5.32 Å². The highest BCUT2D eigenvalue weighted by Crippen LogP contribution is 2.61. The van der Waals surface area contributed by atoms with Gasteiger partial charge < -0.3 is 25.6 Å². The topological polar surface area (TPSA) is 131 Å². The van der Waals surface area contributed by atoms with Crippen LogP contribution < -0.4 is 11.1 Å². The Labute approximate surface area is 258 Å². The molecule has 2 saturated heterocycles. The summed E-state index contributed by atoms with van der Waals surface area (Å²) >= 11 is 0. The Kier molecular flexibility index (Phi) is 10.8. The maximum absolute atomic E-state index is 14.0. The van der Waals surface area contributed by atoms with E-state index in [2.05, 4.69) is 25.2 Å². The van der Waals surface area contributed by atoms with Crippen molar-refractivity contribution in [3.8, 4) is 0 Å². The Morgan fingerprint density at radius 1 is 1.07 bits per heavy atom. The maximum Gasteiger partial charge on any atom is 0.349 e. The Balaban J connectivity index is 1.31. The predicted octanol–water partition coefficient (Wildman–Crippen LogP) is 5.14. The Hall–Kier alpha value is -1.61. The first-order valence-electron chi connectivity index (χ1n) is 17.5. The van der Waals surface area contributed by atoms with Gasteiger partial charge in [0.2, 0.25) is 0 Å². The van der Waals surface area contributed by atoms with Crippen molar-refractivity contribution in [2.24, 2.45) is 35.3 Å². The largest absolute Gasteiger partial charge is 0.463 e. The fourth-order valence-electron chi connectivity index (χ4n) is 8.89. The molecule has 242 valence electrons. The van der Waals surface area contributed by atoms with Gasteiger partial charge in [0.15, 0.2) is 17.2 Å². The molecule has 2 heterocycles. The van der Waals surface area contributed by atoms with E-state index in [0.29, 0.717) is 30.6 Å². The van der Waals surface area contributed by atoms with Crippen molar-refractivity contribution < 1.29 is 29.0 Å². The number of nitrogens with one attached hydrogen (secondary N) is 1. The van der Waals surface area contributed by atoms with Gasteiger partial charge in [-0.15, -0.1) is 0 Å². The van der Waals surface area contributed by atoms with Crippen LogP contribution in [0.15, 0.2) is 11.6 Å². The molecule has 7 atom stereocenters. The van der Waals surface area contributed by atoms with Crippen molar-refractivity contribution in [1.29, 1.82) is 0 Å². The van der Waals surface area contributed by atoms with Gasteiger partial charge >= 0.3 is 5.97 Å². The van der Waals surface area contributed by atoms with Crippen LogP contribution in [-0.2, 0) is 23.9 Å². The number of carbonyl (C=O) groups is 3. The highest BCUT2D eigenvalue weighted by molar-refractivity contribution is 6.23. The highest BCUT2D eigenvalue weighted by atomic mass is 16.7. The molecule has 0 aromatic heterocycles. The lowest BCUT2D eigenvalue weighted by Crippen LogP contribution is -2.58. The molecule has 0 aromatic rings. The number of aliphatic hydroxyl groups excluding tert-OH is 1. The summed E-state index contributed by atoms with van der Waals surface area (Å²) in [4.78, 5) is 41.5. The van der Waals surface area contributed by atoms with Crippen molar-refractivity contribution in [3.63, 3.8) is 0 Å². The van der Waals surface area contributed by atoms with E-state index >= 15 is 0 Å². The summed E-state index contributed by atoms with van der Waals surface area (Å²) in [5, 5.41) is 13.4. The third-order valence-electron chi connectivity index (χ3n) is 11.5. The lowest BCUT2D eigenvalue weighted by atomic mass is 9.61. The molecule has 4 N–H and O–H groups in total. The van der Waals surface area contributed by atoms with E-state index in [0.717, 1.165) is 96.4 Å². The zero-order valence-corrected chi connectivity index (χ0v) is 26.6. The van der Waals surface area contributed by atoms with Gasteiger partial charge in [-0.2, -0.15) is 0 Å². The minimum absolute atomic E-state index is 0.0142. The number of carbonyl (C=O) groups excluding carboxylic acids is 3. The van der Waals surface area contributed by atoms with Gasteiger partial charge in [-0.25, -0.2) is 4.79 Å². The molecule has 4 unspecified atom stereocenters. The summed E-state index contributed by atoms with van der Waals surface area (Å²) in [5.41, 5.74) is 4.30. The molecule has 5 fully saturated rings. The van der Waals surface area contributed by atoms with Crippen LogP contribution in [0.25, 0.3) is 0 Å². The van der Waals surface area contributed by atoms with E-state index in [4.69, 9.17) is 15.2 Å². The number of allylic oxidation sites excluding steroid dienone is 1. The average Bonchev–Trinajstić information content (AvgIpc) is 3.72. The van der Waals surface area contributed by atoms with Crippen LogP contribution in [0.1, 0.15) is 123 Å². The Morgan fingerprint density at radius 2 is 1.79 bits per heavy atom. The zero-order valence-electron chi connectivity index (χ0n) is 26.6. The predicted molar refractivity (Wildman–Crippen MR) is 165 cm³/mol. The van der Waals surface area contributed by atoms with Crippen LogP contribution in [0.3, 0.4) is 0 Å². The number of unbranched alkanes of at least 4 members (excludes halogenated alkanes) is 3. The highest BCUT2D eigenvalue weighted by Gasteiger charge is 2.86. The molecule has 5 aliphatic rings. The van der Waals surface area contributed by atoms with Gasteiger partial charge in [0.05, 0.1) is 18.9 Å². The molecular weight excluding hydrogens is 544 g/mol. The molecule has 2 aliphatic heterocycles. The number of hydrogen-bond donors (Lipinski definition) is 3. The maximum atomic E-state index is 14.0. The monoisotopic (exact) mass is 600 g/mol. The molecule has 0 bridgehead atoms. The van der Waals surface area contributed by atoms with Crippen LogP contribution in [0, 0.1) is 29.6 Å². The normalized spacial score (nSPS) is 38.7. The summed E-state index contributed by atoms with van der Waals surface area (Å²) < 4.78 is 11.8. The summed E-state index contributed by atoms with van der Waals surface area (Å²) in [6.07, 6.45) is 17.2. The van der Waals surface area contributed by atoms with E-state index in [1.807, 2.05) is 0 Å². The van der Waals surface area contributed by atoms with Crippen LogP contribution in [0.5, 0.6) is 0 Å². The lowest BCUT2D eigenvalue weighted by Gasteiger charge is -2.37. The van der Waals surface area contributed by atoms with Crippen molar-refractivity contribution in [2.45, 2.75) is 146 Å². The Bertz CT molecular complexity index is 1040. The van der Waals surface area contributed by atoms with Gasteiger partial charge in [-0.1, -0.05) is 50.7 Å². The van der Waals surface area contributed by atoms with E-state index in [1.165, 1.54) is 5.57 Å². The van der Waals surface area contributed by atoms with Gasteiger partial charge in [-0.3, -0.25) is 9.59 Å². The Morgan fingerprint density at radius 3 is 2.49 bits per heavy atom. The summed E-state index contributed by atoms with van der Waals surface area (Å²) in [7, 11) is 0. The molecule has 0 spiro atoms. The third kappa shape index (κ3) is 6.83. The van der Waals surface area contributed by atoms with Gasteiger partial charge in [0.1, 0.15) is 0 Å². The van der Waals surface area contributed by atoms with E-state index in [-0.39, 0.29) is 42.8 Å². The average molecular weight is 601 g/mol. The summed E-state index contributed by atoms with van der Waals surface area (Å²) in [5.74, 6) is -0.133. The SMILES string of the molecule is CCCCCCOC(=O)[C@]12O[C@@]1(CC=C(C)C[C@H](CC1CCC(O)CC1)C1CCNC(N)C1)C(=O)C1CCCCC1C2=O. The number of piperidine rings is 1. The number of ketones is 2. The lowest BCUT2D eigenvalue weighted by molar-refractivity contribution is -0.158. The molecule has 3 aliphatic carbocycles. The molecule has 5 rings (SSSR count). The number of ether oxygens (including phenoxy) is 2. The van der Waals surface area contributed by atoms with Crippen LogP contribution >= 0.6 is 0 Å². The quantitative estimate of drug-likeness (QED) is 0.0870. The number of aliphatic hydroxyl groups is 1. The first-order chi connectivity index (χ1) is 20.7. The van der Waals surface area contributed by atoms with Gasteiger partial charge in [0, 0.05) is 18.3 Å². The minimum Gasteiger partial charge on any atom is -0.463 e. The molecule has 3 saturated carbocycles. The zero-order chi connectivity index (χ0) is 30.6. The number of fused-ring (bicyclic) bond motifs is 2. The van der Waals surface area contributed by atoms with E-state index in [9.17, 15) is 19.5 Å². The second-order valence-corrected chi connectivity index (χ2v) is 14.5. The van der Waals surface area contributed by atoms with Crippen molar-refractivity contribution in [3.05, 3.63) is 11.6 Å². The molecule has 8 nitrogen and oxygen atoms in total. The molecule has 43 heavy (non-hydrogen) atoms. The smallest absolute Gasteiger partial charge is 0.349 e. The molecule has 0 amide bonds. The number of epoxide rings is 1. The first-order valence-corrected chi connectivity index (χ1v) is 17.5. The third-order valence-corrected chi connectivity index (χ3v) is 11.5. The van der Waals surface area contributed by atoms with Gasteiger partial charge in [0.25, 0.3) is 5.60 Å². The molecule has 0 aromatic carbocycles. The fourth-order valence-corrected chi connectivity index (χ4v) is 8.89. The molecular formula is C35H56N2O6. The fraction of sp³-hybridized carbons (Fsp3) is 0.857. The number of Topliss-reactive ketones (excluding diaryl/α,β-unsaturated/α-hetero) is 2. The van der Waals surface area contributed by atoms with Crippen LogP contribution in [0.4, 0.5) is 0 Å². The second-order valence-electron chi connectivity index (χ2n) is 14.5. The summed E-state index contributed by atoms with van der Waals surface area (Å²) in [6.45, 7) is 5.42. The standard InChI is InChI=1S/C35H56N2O6/c1-3-4-5-8-19-42-33(41)35-32(40)29-10-7-6-9-28(29)31(39)34(35,43-35)17-15-23(2)20-26(25-16-18-37-30(36)22-25)21-24-11-13-27(38)14-12-24/h15,24-30,37-38H,3-14,16-22,36H2,1-2H3/t24?,25?,26-,27?,28?,29?,30?,34+,35+/m1/s1. The molecule has 8 heteroatoms. The number of rotatable bonds is 13. The number of esters is 1. The van der Waals surface area contributed by atoms with Gasteiger partial charge in [-0.05, 0) is 102 Å². The number of hydrogen-bond acceptors (Lipinski definition) is 8. The van der Waals surface area contributed by atoms with Crippen molar-refractivity contribution >= 4 is 17.5 Å².